The molecule has 51 heavy (non-hydrogen) atoms. The number of amides is 1. The van der Waals surface area contributed by atoms with Gasteiger partial charge in [0.05, 0.1) is 11.8 Å². The molecule has 264 valence electrons. The van der Waals surface area contributed by atoms with Crippen LogP contribution in [0, 0.1) is 29.6 Å². The second kappa shape index (κ2) is 12.2. The second-order valence-corrected chi connectivity index (χ2v) is 15.7. The molecule has 10 nitrogen and oxygen atoms in total. The lowest BCUT2D eigenvalue weighted by atomic mass is 9.33. The molecule has 3 N–H and O–H groups in total. The average molecular weight is 715 g/mol. The monoisotopic (exact) mass is 714 g/mol. The van der Waals surface area contributed by atoms with Crippen molar-refractivity contribution in [2.75, 3.05) is 18.4 Å². The predicted octanol–water partition coefficient (Wildman–Crippen LogP) is 6.29. The van der Waals surface area contributed by atoms with Crippen LogP contribution in [0.1, 0.15) is 64.8 Å². The number of hydrogen-bond acceptors (Lipinski definition) is 8. The van der Waals surface area contributed by atoms with Crippen LogP contribution in [-0.2, 0) is 19.5 Å². The number of pyridine rings is 1. The van der Waals surface area contributed by atoms with Gasteiger partial charge in [0.1, 0.15) is 34.4 Å². The molecule has 4 fully saturated rings. The number of H-pyrrole nitrogens is 1. The molecule has 5 heterocycles. The van der Waals surface area contributed by atoms with Crippen molar-refractivity contribution in [2.45, 2.75) is 76.8 Å². The van der Waals surface area contributed by atoms with Gasteiger partial charge >= 0.3 is 6.18 Å². The van der Waals surface area contributed by atoms with Gasteiger partial charge in [0.25, 0.3) is 5.91 Å². The number of halogens is 3. The Morgan fingerprint density at radius 2 is 1.92 bits per heavy atom. The van der Waals surface area contributed by atoms with Crippen molar-refractivity contribution in [3.63, 3.8) is 0 Å². The maximum absolute atomic E-state index is 13.0. The zero-order valence-electron chi connectivity index (χ0n) is 28.2. The number of rotatable bonds is 9. The lowest BCUT2D eigenvalue weighted by molar-refractivity contribution is -0.223. The first-order chi connectivity index (χ1) is 24.3. The topological polar surface area (TPSA) is 132 Å². The third kappa shape index (κ3) is 5.96. The molecule has 14 heteroatoms. The molecule has 1 amide bonds. The number of aromatic amines is 1. The van der Waals surface area contributed by atoms with Gasteiger partial charge in [-0.1, -0.05) is 19.1 Å². The lowest BCUT2D eigenvalue weighted by Crippen LogP contribution is -2.81. The van der Waals surface area contributed by atoms with Crippen molar-refractivity contribution in [3.8, 4) is 6.07 Å². The molecule has 3 saturated carbocycles. The average Bonchev–Trinajstić information content (AvgIpc) is 3.66. The number of thiophene rings is 1. The molecule has 4 aromatic heterocycles. The number of nitrogens with zero attached hydrogens (tertiary/aromatic N) is 5. The van der Waals surface area contributed by atoms with Gasteiger partial charge in [0.15, 0.2) is 0 Å². The van der Waals surface area contributed by atoms with Crippen molar-refractivity contribution in [1.29, 1.82) is 5.26 Å². The van der Waals surface area contributed by atoms with E-state index < -0.39 is 12.6 Å². The molecule has 3 aliphatic carbocycles. The van der Waals surface area contributed by atoms with E-state index in [2.05, 4.69) is 67.1 Å². The molecule has 2 bridgehead atoms. The molecule has 0 unspecified atom stereocenters. The normalized spacial score (nSPS) is 23.5. The van der Waals surface area contributed by atoms with Gasteiger partial charge in [0, 0.05) is 59.6 Å². The van der Waals surface area contributed by atoms with Crippen LogP contribution in [0.3, 0.4) is 0 Å². The summed E-state index contributed by atoms with van der Waals surface area (Å²) in [4.78, 5) is 38.9. The van der Waals surface area contributed by atoms with E-state index in [1.165, 1.54) is 18.0 Å². The largest absolute Gasteiger partial charge is 0.393 e. The van der Waals surface area contributed by atoms with Crippen LogP contribution in [0.2, 0.25) is 0 Å². The minimum Gasteiger partial charge on any atom is -0.367 e. The molecular formula is C37H37F3N8O2S. The first-order valence-corrected chi connectivity index (χ1v) is 18.0. The Labute approximate surface area is 295 Å². The highest BCUT2D eigenvalue weighted by Gasteiger charge is 2.74. The Kier molecular flexibility index (Phi) is 7.99. The Morgan fingerprint density at radius 3 is 2.63 bits per heavy atom. The summed E-state index contributed by atoms with van der Waals surface area (Å²) in [5, 5.41) is 18.5. The minimum atomic E-state index is -4.27. The molecule has 0 radical (unpaired) electrons. The number of nitriles is 1. The number of aryl methyl sites for hydroxylation is 1. The smallest absolute Gasteiger partial charge is 0.367 e. The fourth-order valence-corrected chi connectivity index (χ4v) is 9.73. The number of aromatic nitrogens is 4. The van der Waals surface area contributed by atoms with Crippen molar-refractivity contribution in [2.24, 2.45) is 11.3 Å². The Balaban J connectivity index is 0.908. The Hall–Kier alpha value is -4.74. The first kappa shape index (κ1) is 33.4. The van der Waals surface area contributed by atoms with E-state index in [1.807, 2.05) is 6.07 Å². The van der Waals surface area contributed by atoms with Crippen LogP contribution < -0.4 is 16.2 Å². The third-order valence-corrected chi connectivity index (χ3v) is 12.6. The summed E-state index contributed by atoms with van der Waals surface area (Å²) < 4.78 is 41.1. The van der Waals surface area contributed by atoms with E-state index in [0.29, 0.717) is 28.3 Å². The van der Waals surface area contributed by atoms with Crippen LogP contribution in [0.15, 0.2) is 53.6 Å². The fourth-order valence-electron chi connectivity index (χ4n) is 8.71. The number of anilines is 1. The van der Waals surface area contributed by atoms with Gasteiger partial charge in [-0.05, 0) is 79.3 Å². The predicted molar refractivity (Wildman–Crippen MR) is 189 cm³/mol. The van der Waals surface area contributed by atoms with Crippen molar-refractivity contribution in [3.05, 3.63) is 86.5 Å². The number of fused-ring (bicyclic) bond motifs is 2. The standard InChI is InChI=1S/C37H37F3N8O2S/c1-21-23(16-47-10-8-24(9-11-47)44-32-28-13-26(14-37(38,39)40)51-34(28)43-20-42-32)6-7-30-27(21)12-25(15-41)48(30)19-35-17-36(18-35,22(35)2)46-33(50)29-4-3-5-31(49)45-29/h3-7,12-13,20,22,24H,8-11,14,16-19H2,1-2H3,(H,45,49)(H,46,50)(H,42,43,44)/t22-,35?,36?/m0/s1. The van der Waals surface area contributed by atoms with Crippen LogP contribution in [-0.4, -0.2) is 61.2 Å². The van der Waals surface area contributed by atoms with Crippen LogP contribution in [0.25, 0.3) is 21.1 Å². The maximum atomic E-state index is 13.0. The SMILES string of the molecule is Cc1c(CN2CCC(Nc3ncnc4sc(CC(F)(F)F)cc34)CC2)ccc2c1cc(C#N)n2CC12CC(NC(=O)c3cccc(=O)[nH]3)(C1)[C@H]2C. The third-order valence-electron chi connectivity index (χ3n) is 11.6. The minimum absolute atomic E-state index is 0.00772. The molecular weight excluding hydrogens is 678 g/mol. The number of piperidine rings is 1. The second-order valence-electron chi connectivity index (χ2n) is 14.6. The van der Waals surface area contributed by atoms with E-state index in [0.717, 1.165) is 73.1 Å². The van der Waals surface area contributed by atoms with Gasteiger partial charge in [0.2, 0.25) is 5.56 Å². The van der Waals surface area contributed by atoms with Crippen molar-refractivity contribution < 1.29 is 18.0 Å². The van der Waals surface area contributed by atoms with Crippen LogP contribution >= 0.6 is 11.3 Å². The van der Waals surface area contributed by atoms with E-state index in [1.54, 1.807) is 18.2 Å². The summed E-state index contributed by atoms with van der Waals surface area (Å²) in [7, 11) is 0. The lowest BCUT2D eigenvalue weighted by Gasteiger charge is -2.76. The Bertz CT molecular complexity index is 2270. The van der Waals surface area contributed by atoms with Crippen molar-refractivity contribution in [1.82, 2.24) is 29.7 Å². The number of likely N-dealkylation sites (tertiary alicyclic amines) is 1. The summed E-state index contributed by atoms with van der Waals surface area (Å²) in [5.74, 6) is 0.538. The summed E-state index contributed by atoms with van der Waals surface area (Å²) in [6, 6.07) is 15.0. The van der Waals surface area contributed by atoms with E-state index in [-0.39, 0.29) is 45.0 Å². The van der Waals surface area contributed by atoms with E-state index in [9.17, 15) is 28.0 Å². The number of alkyl halides is 3. The molecule has 9 rings (SSSR count). The number of carbonyl (C=O) groups is 1. The van der Waals surface area contributed by atoms with Gasteiger partial charge in [-0.25, -0.2) is 9.97 Å². The highest BCUT2D eigenvalue weighted by Crippen LogP contribution is 2.72. The zero-order valence-corrected chi connectivity index (χ0v) is 29.0. The number of carbonyl (C=O) groups excluding carboxylic acids is 1. The number of nitrogens with one attached hydrogen (secondary N) is 3. The van der Waals surface area contributed by atoms with E-state index >= 15 is 0 Å². The molecule has 1 aliphatic heterocycles. The maximum Gasteiger partial charge on any atom is 0.393 e. The van der Waals surface area contributed by atoms with Crippen molar-refractivity contribution >= 4 is 44.2 Å². The van der Waals surface area contributed by atoms with Gasteiger partial charge in [-0.2, -0.15) is 18.4 Å². The zero-order chi connectivity index (χ0) is 35.7. The highest BCUT2D eigenvalue weighted by atomic mass is 32.1. The quantitative estimate of drug-likeness (QED) is 0.164. The van der Waals surface area contributed by atoms with Gasteiger partial charge in [-0.3, -0.25) is 14.5 Å². The van der Waals surface area contributed by atoms with Crippen LogP contribution in [0.4, 0.5) is 19.0 Å². The molecule has 1 atom stereocenters. The summed E-state index contributed by atoms with van der Waals surface area (Å²) in [5.41, 5.74) is 3.68. The number of hydrogen-bond donors (Lipinski definition) is 3. The van der Waals surface area contributed by atoms with E-state index in [4.69, 9.17) is 0 Å². The molecule has 1 aromatic carbocycles. The highest BCUT2D eigenvalue weighted by molar-refractivity contribution is 7.18. The summed E-state index contributed by atoms with van der Waals surface area (Å²) >= 11 is 1.06. The first-order valence-electron chi connectivity index (χ1n) is 17.2. The molecule has 5 aromatic rings. The number of benzene rings is 1. The fraction of sp³-hybridized carbons (Fsp3) is 0.432. The molecule has 1 saturated heterocycles. The Morgan fingerprint density at radius 1 is 1.14 bits per heavy atom. The summed E-state index contributed by atoms with van der Waals surface area (Å²) in [6.07, 6.45) is -0.452. The van der Waals surface area contributed by atoms with Gasteiger partial charge < -0.3 is 20.2 Å². The molecule has 4 aliphatic rings. The summed E-state index contributed by atoms with van der Waals surface area (Å²) in [6.45, 7) is 7.47. The van der Waals surface area contributed by atoms with Gasteiger partial charge in [-0.15, -0.1) is 11.3 Å². The molecule has 0 spiro atoms. The van der Waals surface area contributed by atoms with Crippen LogP contribution in [0.5, 0.6) is 0 Å².